The molecule has 1 fully saturated rings. The van der Waals surface area contributed by atoms with Crippen LogP contribution in [0.4, 0.5) is 8.78 Å². The highest BCUT2D eigenvalue weighted by Gasteiger charge is 2.27. The first-order valence-corrected chi connectivity index (χ1v) is 12.5. The van der Waals surface area contributed by atoms with E-state index in [4.69, 9.17) is 0 Å². The van der Waals surface area contributed by atoms with Gasteiger partial charge in [-0.3, -0.25) is 14.9 Å². The molecule has 7 nitrogen and oxygen atoms in total. The Kier molecular flexibility index (Phi) is 7.33. The van der Waals surface area contributed by atoms with Crippen molar-refractivity contribution in [1.82, 2.24) is 30.0 Å². The minimum atomic E-state index is -0.506. The number of halogens is 2. The number of thioether (sulfide) groups is 1. The molecule has 0 radical (unpaired) electrons. The van der Waals surface area contributed by atoms with Crippen LogP contribution in [0, 0.1) is 11.6 Å². The first kappa shape index (κ1) is 23.8. The van der Waals surface area contributed by atoms with Crippen LogP contribution >= 0.6 is 11.8 Å². The molecule has 1 atom stereocenters. The van der Waals surface area contributed by atoms with E-state index in [0.29, 0.717) is 17.9 Å². The van der Waals surface area contributed by atoms with Gasteiger partial charge in [-0.15, -0.1) is 11.8 Å². The molecule has 3 heterocycles. The summed E-state index contributed by atoms with van der Waals surface area (Å²) in [6.45, 7) is 3.71. The molecule has 10 heteroatoms. The van der Waals surface area contributed by atoms with Crippen LogP contribution in [0.2, 0.25) is 0 Å². The van der Waals surface area contributed by atoms with E-state index in [1.54, 1.807) is 30.5 Å². The second-order valence-corrected chi connectivity index (χ2v) is 9.63. The fourth-order valence-electron chi connectivity index (χ4n) is 4.49. The number of piperazine rings is 1. The summed E-state index contributed by atoms with van der Waals surface area (Å²) in [5, 5.41) is 19.1. The van der Waals surface area contributed by atoms with Gasteiger partial charge >= 0.3 is 0 Å². The summed E-state index contributed by atoms with van der Waals surface area (Å²) in [6, 6.07) is 12.9. The molecule has 4 aromatic rings. The van der Waals surface area contributed by atoms with Gasteiger partial charge < -0.3 is 5.11 Å². The summed E-state index contributed by atoms with van der Waals surface area (Å²) in [5.41, 5.74) is 2.63. The average Bonchev–Trinajstić information content (AvgIpc) is 3.36. The molecule has 2 aromatic heterocycles. The fourth-order valence-corrected chi connectivity index (χ4v) is 5.37. The molecule has 182 valence electrons. The van der Waals surface area contributed by atoms with Gasteiger partial charge in [-0.2, -0.15) is 5.10 Å². The third kappa shape index (κ3) is 5.67. The number of aromatic amines is 1. The number of β-amino-alcohol motifs (C(OH)–C–C–N with tert-alkyl or cyclic N) is 1. The van der Waals surface area contributed by atoms with Crippen molar-refractivity contribution in [2.75, 3.05) is 38.5 Å². The quantitative estimate of drug-likeness (QED) is 0.286. The number of fused-ring (bicyclic) bond motifs is 1. The van der Waals surface area contributed by atoms with Gasteiger partial charge in [-0.1, -0.05) is 24.3 Å². The molecular weight excluding hydrogens is 470 g/mol. The van der Waals surface area contributed by atoms with Crippen LogP contribution in [0.25, 0.3) is 11.0 Å². The number of aromatic nitrogens is 4. The summed E-state index contributed by atoms with van der Waals surface area (Å²) in [6.07, 6.45) is 2.68. The molecule has 0 amide bonds. The van der Waals surface area contributed by atoms with E-state index in [1.165, 1.54) is 42.4 Å². The molecule has 0 bridgehead atoms. The third-order valence-electron chi connectivity index (χ3n) is 6.24. The smallest absolute Gasteiger partial charge is 0.159 e. The molecule has 2 N–H and O–H groups in total. The maximum Gasteiger partial charge on any atom is 0.159 e. The van der Waals surface area contributed by atoms with Gasteiger partial charge in [-0.05, 0) is 35.4 Å². The van der Waals surface area contributed by atoms with E-state index < -0.39 is 6.10 Å². The molecular formula is C25H26F2N6OS. The zero-order valence-corrected chi connectivity index (χ0v) is 19.8. The Morgan fingerprint density at radius 3 is 2.17 bits per heavy atom. The van der Waals surface area contributed by atoms with Gasteiger partial charge in [0.05, 0.1) is 23.7 Å². The predicted molar refractivity (Wildman–Crippen MR) is 131 cm³/mol. The normalized spacial score (nSPS) is 16.2. The number of benzene rings is 2. The lowest BCUT2D eigenvalue weighted by atomic mass is 9.96. The lowest BCUT2D eigenvalue weighted by molar-refractivity contribution is 0.0708. The van der Waals surface area contributed by atoms with Gasteiger partial charge in [0.25, 0.3) is 0 Å². The van der Waals surface area contributed by atoms with Crippen LogP contribution in [-0.4, -0.2) is 79.7 Å². The van der Waals surface area contributed by atoms with Gasteiger partial charge in [0.1, 0.15) is 23.0 Å². The van der Waals surface area contributed by atoms with Gasteiger partial charge in [0.15, 0.2) is 5.65 Å². The second-order valence-electron chi connectivity index (χ2n) is 8.62. The lowest BCUT2D eigenvalue weighted by Crippen LogP contribution is -2.50. The first-order chi connectivity index (χ1) is 17.1. The number of aliphatic hydroxyl groups excluding tert-OH is 1. The maximum absolute atomic E-state index is 13.5. The van der Waals surface area contributed by atoms with E-state index in [-0.39, 0.29) is 17.7 Å². The van der Waals surface area contributed by atoms with Crippen molar-refractivity contribution in [1.29, 1.82) is 0 Å². The number of hydrogen-bond donors (Lipinski definition) is 2. The largest absolute Gasteiger partial charge is 0.391 e. The minimum absolute atomic E-state index is 0.0889. The molecule has 35 heavy (non-hydrogen) atoms. The van der Waals surface area contributed by atoms with Gasteiger partial charge in [-0.25, -0.2) is 18.7 Å². The van der Waals surface area contributed by atoms with Crippen molar-refractivity contribution in [2.24, 2.45) is 0 Å². The average molecular weight is 497 g/mol. The monoisotopic (exact) mass is 496 g/mol. The van der Waals surface area contributed by atoms with Crippen LogP contribution in [0.15, 0.2) is 66.1 Å². The summed E-state index contributed by atoms with van der Waals surface area (Å²) in [5.74, 6) is -0.0387. The van der Waals surface area contributed by atoms with Crippen molar-refractivity contribution < 1.29 is 13.9 Å². The van der Waals surface area contributed by atoms with Crippen LogP contribution < -0.4 is 0 Å². The number of hydrogen-bond acceptors (Lipinski definition) is 7. The number of aliphatic hydroxyl groups is 1. The van der Waals surface area contributed by atoms with Crippen LogP contribution in [-0.2, 0) is 0 Å². The van der Waals surface area contributed by atoms with Crippen LogP contribution in [0.1, 0.15) is 17.2 Å². The molecule has 1 saturated heterocycles. The highest BCUT2D eigenvalue weighted by atomic mass is 32.2. The number of nitrogens with zero attached hydrogens (tertiary/aromatic N) is 5. The highest BCUT2D eigenvalue weighted by molar-refractivity contribution is 7.99. The zero-order valence-electron chi connectivity index (χ0n) is 19.0. The van der Waals surface area contributed by atoms with Gasteiger partial charge in [0, 0.05) is 38.5 Å². The van der Waals surface area contributed by atoms with E-state index in [2.05, 4.69) is 30.0 Å². The van der Waals surface area contributed by atoms with E-state index in [9.17, 15) is 13.9 Å². The lowest BCUT2D eigenvalue weighted by Gasteiger charge is -2.40. The summed E-state index contributed by atoms with van der Waals surface area (Å²) in [4.78, 5) is 13.0. The van der Waals surface area contributed by atoms with Crippen LogP contribution in [0.3, 0.4) is 0 Å². The predicted octanol–water partition coefficient (Wildman–Crippen LogP) is 3.49. The number of H-pyrrole nitrogens is 1. The molecule has 2 aromatic carbocycles. The maximum atomic E-state index is 13.5. The van der Waals surface area contributed by atoms with Crippen molar-refractivity contribution in [3.63, 3.8) is 0 Å². The first-order valence-electron chi connectivity index (χ1n) is 11.5. The Morgan fingerprint density at radius 2 is 1.54 bits per heavy atom. The molecule has 1 aliphatic rings. The molecule has 0 saturated carbocycles. The Bertz CT molecular complexity index is 1200. The summed E-state index contributed by atoms with van der Waals surface area (Å²) >= 11 is 1.49. The Balaban J connectivity index is 1.19. The molecule has 0 unspecified atom stereocenters. The Hall–Kier alpha value is -2.92. The Morgan fingerprint density at radius 1 is 0.914 bits per heavy atom. The fraction of sp³-hybridized carbons (Fsp3) is 0.320. The molecule has 0 aliphatic carbocycles. The second kappa shape index (κ2) is 10.8. The van der Waals surface area contributed by atoms with E-state index >= 15 is 0 Å². The number of rotatable bonds is 8. The highest BCUT2D eigenvalue weighted by Crippen LogP contribution is 2.30. The summed E-state index contributed by atoms with van der Waals surface area (Å²) in [7, 11) is 0. The topological polar surface area (TPSA) is 81.2 Å². The van der Waals surface area contributed by atoms with Crippen LogP contribution in [0.5, 0.6) is 0 Å². The standard InChI is InChI=1S/C25H26F2N6OS/c26-19-5-1-17(2-6-19)23(18-3-7-20(27)8-4-18)33-11-9-32(10-12-33)14-21(34)15-35-25-22-13-30-31-24(22)28-16-29-25/h1-8,13,16,21,23,34H,9-12,14-15H2,(H,28,29,30,31)/t21-/m1/s1. The van der Waals surface area contributed by atoms with E-state index in [1.807, 2.05) is 0 Å². The van der Waals surface area contributed by atoms with Crippen molar-refractivity contribution in [3.8, 4) is 0 Å². The Labute approximate surface area is 206 Å². The van der Waals surface area contributed by atoms with Crippen molar-refractivity contribution in [2.45, 2.75) is 17.2 Å². The number of nitrogens with one attached hydrogen (secondary N) is 1. The molecule has 1 aliphatic heterocycles. The molecule has 5 rings (SSSR count). The molecule has 0 spiro atoms. The van der Waals surface area contributed by atoms with Crippen molar-refractivity contribution >= 4 is 22.8 Å². The van der Waals surface area contributed by atoms with Gasteiger partial charge in [0.2, 0.25) is 0 Å². The summed E-state index contributed by atoms with van der Waals surface area (Å²) < 4.78 is 27.1. The van der Waals surface area contributed by atoms with Crippen molar-refractivity contribution in [3.05, 3.63) is 83.8 Å². The minimum Gasteiger partial charge on any atom is -0.391 e. The SMILES string of the molecule is O[C@@H](CSc1ncnc2[nH]ncc12)CN1CCN(C(c2ccc(F)cc2)c2ccc(F)cc2)CC1. The zero-order chi connectivity index (χ0) is 24.2. The third-order valence-corrected chi connectivity index (χ3v) is 7.39. The van der Waals surface area contributed by atoms with E-state index in [0.717, 1.165) is 47.7 Å².